The van der Waals surface area contributed by atoms with Crippen molar-refractivity contribution in [3.8, 4) is 0 Å². The van der Waals surface area contributed by atoms with Gasteiger partial charge >= 0.3 is 5.97 Å². The third-order valence-electron chi connectivity index (χ3n) is 1.78. The Bertz CT molecular complexity index is 289. The van der Waals surface area contributed by atoms with E-state index in [0.29, 0.717) is 11.5 Å². The highest BCUT2D eigenvalue weighted by Crippen LogP contribution is 2.04. The van der Waals surface area contributed by atoms with Crippen LogP contribution in [0.3, 0.4) is 0 Å². The number of thioether (sulfide) groups is 1. The second-order valence-electron chi connectivity index (χ2n) is 2.94. The summed E-state index contributed by atoms with van der Waals surface area (Å²) >= 11 is 1.34. The van der Waals surface area contributed by atoms with Crippen molar-refractivity contribution < 1.29 is 17.9 Å². The molecule has 0 spiro atoms. The average Bonchev–Trinajstić information content (AvgIpc) is 2.22. The number of sulfone groups is 1. The minimum absolute atomic E-state index is 0.127. The van der Waals surface area contributed by atoms with Crippen molar-refractivity contribution in [3.63, 3.8) is 0 Å². The van der Waals surface area contributed by atoms with Crippen LogP contribution in [0.15, 0.2) is 0 Å². The number of ether oxygens (including phenoxy) is 1. The van der Waals surface area contributed by atoms with Crippen LogP contribution in [0, 0.1) is 0 Å². The molecule has 1 unspecified atom stereocenters. The van der Waals surface area contributed by atoms with E-state index in [-0.39, 0.29) is 11.5 Å². The number of nitrogens with two attached hydrogens (primary N) is 1. The quantitative estimate of drug-likeness (QED) is 0.494. The Labute approximate surface area is 94.7 Å². The van der Waals surface area contributed by atoms with Crippen LogP contribution in [0.25, 0.3) is 0 Å². The molecule has 15 heavy (non-hydrogen) atoms. The lowest BCUT2D eigenvalue weighted by Gasteiger charge is -2.08. The van der Waals surface area contributed by atoms with E-state index in [0.717, 1.165) is 0 Å². The molecule has 5 nitrogen and oxygen atoms in total. The van der Waals surface area contributed by atoms with Crippen LogP contribution in [0.4, 0.5) is 0 Å². The minimum atomic E-state index is -2.92. The molecule has 2 N–H and O–H groups in total. The largest absolute Gasteiger partial charge is 0.468 e. The number of methoxy groups -OCH3 is 1. The Hall–Kier alpha value is -0.270. The fourth-order valence-electron chi connectivity index (χ4n) is 0.760. The molecular weight excluding hydrogens is 238 g/mol. The Kier molecular flexibility index (Phi) is 6.95. The van der Waals surface area contributed by atoms with Gasteiger partial charge in [-0.15, -0.1) is 0 Å². The number of esters is 1. The number of carbonyl (C=O) groups excluding carboxylic acids is 1. The molecule has 0 aromatic rings. The number of hydrogen-bond acceptors (Lipinski definition) is 6. The van der Waals surface area contributed by atoms with E-state index in [1.54, 1.807) is 6.92 Å². The summed E-state index contributed by atoms with van der Waals surface area (Å²) in [5.74, 6) is 0.645. The van der Waals surface area contributed by atoms with Crippen LogP contribution < -0.4 is 5.73 Å². The molecular formula is C8H17NO4S2. The molecule has 0 fully saturated rings. The predicted molar refractivity (Wildman–Crippen MR) is 61.6 cm³/mol. The van der Waals surface area contributed by atoms with Gasteiger partial charge in [-0.25, -0.2) is 8.42 Å². The molecule has 0 amide bonds. The molecule has 0 aliphatic rings. The van der Waals surface area contributed by atoms with Gasteiger partial charge < -0.3 is 10.5 Å². The van der Waals surface area contributed by atoms with Crippen LogP contribution in [0.2, 0.25) is 0 Å². The normalized spacial score (nSPS) is 13.5. The van der Waals surface area contributed by atoms with Gasteiger partial charge in [-0.3, -0.25) is 4.79 Å². The molecule has 0 saturated carbocycles. The fraction of sp³-hybridized carbons (Fsp3) is 0.875. The van der Waals surface area contributed by atoms with E-state index >= 15 is 0 Å². The summed E-state index contributed by atoms with van der Waals surface area (Å²) in [7, 11) is -1.65. The Morgan fingerprint density at radius 2 is 2.13 bits per heavy atom. The molecule has 0 rings (SSSR count). The maximum absolute atomic E-state index is 11.1. The monoisotopic (exact) mass is 255 g/mol. The van der Waals surface area contributed by atoms with Crippen LogP contribution in [0.1, 0.15) is 6.92 Å². The fourth-order valence-corrected chi connectivity index (χ4v) is 3.09. The average molecular weight is 255 g/mol. The van der Waals surface area contributed by atoms with Crippen molar-refractivity contribution in [3.05, 3.63) is 0 Å². The standard InChI is InChI=1S/C8H17NO4S2/c1-3-15(11,12)5-4-14-6-7(9)8(10)13-2/h7H,3-6,9H2,1-2H3. The molecule has 0 aliphatic carbocycles. The molecule has 0 bridgehead atoms. The first-order valence-electron chi connectivity index (χ1n) is 4.54. The molecule has 0 aromatic carbocycles. The predicted octanol–water partition coefficient (Wildman–Crippen LogP) is -0.345. The van der Waals surface area contributed by atoms with E-state index in [4.69, 9.17) is 5.73 Å². The van der Waals surface area contributed by atoms with E-state index in [1.807, 2.05) is 0 Å². The minimum Gasteiger partial charge on any atom is -0.468 e. The van der Waals surface area contributed by atoms with Crippen LogP contribution in [-0.4, -0.2) is 50.6 Å². The number of hydrogen-bond donors (Lipinski definition) is 1. The SMILES string of the molecule is CCS(=O)(=O)CCSCC(N)C(=O)OC. The highest BCUT2D eigenvalue weighted by atomic mass is 32.2. The first kappa shape index (κ1) is 14.7. The third kappa shape index (κ3) is 6.75. The van der Waals surface area contributed by atoms with Crippen molar-refractivity contribution >= 4 is 27.6 Å². The first-order chi connectivity index (χ1) is 6.93. The Balaban J connectivity index is 3.68. The van der Waals surface area contributed by atoms with Crippen molar-refractivity contribution in [1.82, 2.24) is 0 Å². The van der Waals surface area contributed by atoms with Crippen molar-refractivity contribution in [1.29, 1.82) is 0 Å². The molecule has 90 valence electrons. The molecule has 7 heteroatoms. The van der Waals surface area contributed by atoms with Gasteiger partial charge in [0.05, 0.1) is 12.9 Å². The van der Waals surface area contributed by atoms with Crippen molar-refractivity contribution in [2.45, 2.75) is 13.0 Å². The number of rotatable bonds is 7. The van der Waals surface area contributed by atoms with E-state index in [9.17, 15) is 13.2 Å². The maximum atomic E-state index is 11.1. The maximum Gasteiger partial charge on any atom is 0.323 e. The summed E-state index contributed by atoms with van der Waals surface area (Å²) in [5, 5.41) is 0. The summed E-state index contributed by atoms with van der Waals surface area (Å²) < 4.78 is 26.6. The topological polar surface area (TPSA) is 86.5 Å². The first-order valence-corrected chi connectivity index (χ1v) is 7.52. The van der Waals surface area contributed by atoms with Gasteiger partial charge in [-0.2, -0.15) is 11.8 Å². The lowest BCUT2D eigenvalue weighted by Crippen LogP contribution is -2.34. The van der Waals surface area contributed by atoms with Gasteiger partial charge in [0, 0.05) is 17.3 Å². The van der Waals surface area contributed by atoms with Gasteiger partial charge in [-0.1, -0.05) is 6.92 Å². The van der Waals surface area contributed by atoms with E-state index < -0.39 is 21.8 Å². The zero-order valence-electron chi connectivity index (χ0n) is 8.93. The highest BCUT2D eigenvalue weighted by molar-refractivity contribution is 8.00. The summed E-state index contributed by atoms with van der Waals surface area (Å²) in [6.07, 6.45) is 0. The van der Waals surface area contributed by atoms with Gasteiger partial charge in [0.1, 0.15) is 6.04 Å². The molecule has 0 radical (unpaired) electrons. The van der Waals surface area contributed by atoms with Gasteiger partial charge in [0.25, 0.3) is 0 Å². The molecule has 0 aliphatic heterocycles. The smallest absolute Gasteiger partial charge is 0.323 e. The van der Waals surface area contributed by atoms with Crippen molar-refractivity contribution in [2.24, 2.45) is 5.73 Å². The molecule has 0 heterocycles. The summed E-state index contributed by atoms with van der Waals surface area (Å²) in [5.41, 5.74) is 5.47. The summed E-state index contributed by atoms with van der Waals surface area (Å²) in [6, 6.07) is -0.677. The Morgan fingerprint density at radius 3 is 2.60 bits per heavy atom. The van der Waals surface area contributed by atoms with Gasteiger partial charge in [0.2, 0.25) is 0 Å². The summed E-state index contributed by atoms with van der Waals surface area (Å²) in [6.45, 7) is 1.61. The third-order valence-corrected chi connectivity index (χ3v) is 4.83. The van der Waals surface area contributed by atoms with E-state index in [2.05, 4.69) is 4.74 Å². The zero-order chi connectivity index (χ0) is 11.9. The summed E-state index contributed by atoms with van der Waals surface area (Å²) in [4.78, 5) is 10.9. The molecule has 0 aromatic heterocycles. The van der Waals surface area contributed by atoms with E-state index in [1.165, 1.54) is 18.9 Å². The van der Waals surface area contributed by atoms with Crippen LogP contribution >= 0.6 is 11.8 Å². The van der Waals surface area contributed by atoms with Gasteiger partial charge in [0.15, 0.2) is 9.84 Å². The van der Waals surface area contributed by atoms with Gasteiger partial charge in [-0.05, 0) is 0 Å². The van der Waals surface area contributed by atoms with Crippen LogP contribution in [0.5, 0.6) is 0 Å². The second kappa shape index (κ2) is 7.08. The Morgan fingerprint density at radius 1 is 1.53 bits per heavy atom. The second-order valence-corrected chi connectivity index (χ2v) is 6.56. The van der Waals surface area contributed by atoms with Crippen molar-refractivity contribution in [2.75, 3.05) is 30.1 Å². The van der Waals surface area contributed by atoms with Crippen LogP contribution in [-0.2, 0) is 19.4 Å². The molecule has 1 atom stereocenters. The molecule has 0 saturated heterocycles. The number of carbonyl (C=O) groups is 1. The highest BCUT2D eigenvalue weighted by Gasteiger charge is 2.14. The lowest BCUT2D eigenvalue weighted by atomic mass is 10.4. The lowest BCUT2D eigenvalue weighted by molar-refractivity contribution is -0.141. The zero-order valence-corrected chi connectivity index (χ0v) is 10.6.